The predicted octanol–water partition coefficient (Wildman–Crippen LogP) is 4.01. The van der Waals surface area contributed by atoms with Crippen LogP contribution in [0.5, 0.6) is 0 Å². The van der Waals surface area contributed by atoms with Gasteiger partial charge in [0.25, 0.3) is 0 Å². The molecule has 2 aromatic rings. The molecule has 0 saturated heterocycles. The van der Waals surface area contributed by atoms with Crippen LogP contribution >= 0.6 is 15.9 Å². The van der Waals surface area contributed by atoms with Crippen molar-refractivity contribution in [3.05, 3.63) is 69.7 Å². The van der Waals surface area contributed by atoms with Crippen molar-refractivity contribution in [2.75, 3.05) is 6.54 Å². The van der Waals surface area contributed by atoms with Crippen molar-refractivity contribution in [2.24, 2.45) is 5.73 Å². The summed E-state index contributed by atoms with van der Waals surface area (Å²) in [6.45, 7) is 0.343. The second-order valence-corrected chi connectivity index (χ2v) is 5.22. The molecule has 0 fully saturated rings. The van der Waals surface area contributed by atoms with E-state index >= 15 is 0 Å². The largest absolute Gasteiger partial charge is 0.330 e. The number of benzene rings is 2. The van der Waals surface area contributed by atoms with Gasteiger partial charge in [-0.05, 0) is 46.6 Å². The van der Waals surface area contributed by atoms with Gasteiger partial charge in [-0.2, -0.15) is 0 Å². The van der Waals surface area contributed by atoms with Gasteiger partial charge in [-0.1, -0.05) is 30.3 Å². The minimum absolute atomic E-state index is 0.0775. The van der Waals surface area contributed by atoms with Gasteiger partial charge >= 0.3 is 0 Å². The van der Waals surface area contributed by atoms with Gasteiger partial charge in [0.1, 0.15) is 11.6 Å². The van der Waals surface area contributed by atoms with Crippen LogP contribution < -0.4 is 5.73 Å². The maximum atomic E-state index is 13.9. The molecule has 0 bridgehead atoms. The molecule has 0 saturated carbocycles. The first-order chi connectivity index (χ1) is 9.13. The van der Waals surface area contributed by atoms with Gasteiger partial charge in [0, 0.05) is 11.5 Å². The summed E-state index contributed by atoms with van der Waals surface area (Å²) in [5, 5.41) is 0. The van der Waals surface area contributed by atoms with Gasteiger partial charge in [0.05, 0.1) is 4.47 Å². The maximum Gasteiger partial charge on any atom is 0.143 e. The minimum Gasteiger partial charge on any atom is -0.330 e. The lowest BCUT2D eigenvalue weighted by molar-refractivity contribution is 0.534. The lowest BCUT2D eigenvalue weighted by Gasteiger charge is -2.16. The fourth-order valence-electron chi connectivity index (χ4n) is 2.07. The smallest absolute Gasteiger partial charge is 0.143 e. The number of rotatable bonds is 4. The van der Waals surface area contributed by atoms with Crippen LogP contribution in [0.1, 0.15) is 17.0 Å². The Morgan fingerprint density at radius 1 is 1.05 bits per heavy atom. The molecule has 0 aliphatic rings. The first-order valence-corrected chi connectivity index (χ1v) is 6.80. The van der Waals surface area contributed by atoms with E-state index in [9.17, 15) is 8.78 Å². The van der Waals surface area contributed by atoms with Crippen LogP contribution in [-0.2, 0) is 6.42 Å². The Morgan fingerprint density at radius 2 is 1.74 bits per heavy atom. The quantitative estimate of drug-likeness (QED) is 0.844. The summed E-state index contributed by atoms with van der Waals surface area (Å²) in [5.74, 6) is -1.18. The molecule has 2 rings (SSSR count). The Labute approximate surface area is 119 Å². The van der Waals surface area contributed by atoms with Crippen LogP contribution in [-0.4, -0.2) is 6.54 Å². The van der Waals surface area contributed by atoms with Crippen LogP contribution in [0.4, 0.5) is 8.78 Å². The van der Waals surface area contributed by atoms with Gasteiger partial charge in [0.2, 0.25) is 0 Å². The van der Waals surface area contributed by atoms with E-state index in [1.54, 1.807) is 0 Å². The summed E-state index contributed by atoms with van der Waals surface area (Å²) in [7, 11) is 0. The molecule has 0 heterocycles. The van der Waals surface area contributed by atoms with Crippen molar-refractivity contribution >= 4 is 15.9 Å². The topological polar surface area (TPSA) is 26.0 Å². The van der Waals surface area contributed by atoms with Crippen LogP contribution in [0, 0.1) is 11.6 Å². The van der Waals surface area contributed by atoms with Gasteiger partial charge in [0.15, 0.2) is 0 Å². The van der Waals surface area contributed by atoms with E-state index in [2.05, 4.69) is 15.9 Å². The molecule has 2 N–H and O–H groups in total. The van der Waals surface area contributed by atoms with Crippen molar-refractivity contribution in [2.45, 2.75) is 12.3 Å². The molecule has 1 unspecified atom stereocenters. The molecular formula is C15H14BrF2N. The van der Waals surface area contributed by atoms with Crippen LogP contribution in [0.3, 0.4) is 0 Å². The highest BCUT2D eigenvalue weighted by Crippen LogP contribution is 2.27. The predicted molar refractivity (Wildman–Crippen MR) is 76.0 cm³/mol. The highest BCUT2D eigenvalue weighted by molar-refractivity contribution is 9.10. The minimum atomic E-state index is -0.547. The number of nitrogens with two attached hydrogens (primary N) is 1. The molecule has 0 aliphatic carbocycles. The molecule has 0 aliphatic heterocycles. The van der Waals surface area contributed by atoms with Crippen LogP contribution in [0.25, 0.3) is 0 Å². The van der Waals surface area contributed by atoms with Crippen molar-refractivity contribution in [1.82, 2.24) is 0 Å². The molecule has 100 valence electrons. The standard InChI is InChI=1S/C15H14BrF2N/c16-13-6-7-14(17)12(15(13)18)8-11(9-19)10-4-2-1-3-5-10/h1-7,11H,8-9,19H2. The van der Waals surface area contributed by atoms with Crippen LogP contribution in [0.2, 0.25) is 0 Å². The fraction of sp³-hybridized carbons (Fsp3) is 0.200. The Hall–Kier alpha value is -1.26. The zero-order valence-corrected chi connectivity index (χ0v) is 11.8. The van der Waals surface area contributed by atoms with Crippen molar-refractivity contribution in [1.29, 1.82) is 0 Å². The lowest BCUT2D eigenvalue weighted by Crippen LogP contribution is -2.16. The summed E-state index contributed by atoms with van der Waals surface area (Å²) in [5.41, 5.74) is 6.80. The van der Waals surface area contributed by atoms with Gasteiger partial charge in [-0.15, -0.1) is 0 Å². The summed E-state index contributed by atoms with van der Waals surface area (Å²) < 4.78 is 28.0. The normalized spacial score (nSPS) is 12.4. The third kappa shape index (κ3) is 3.19. The highest BCUT2D eigenvalue weighted by Gasteiger charge is 2.18. The first-order valence-electron chi connectivity index (χ1n) is 6.01. The Morgan fingerprint density at radius 3 is 2.37 bits per heavy atom. The molecule has 0 radical (unpaired) electrons. The molecule has 0 amide bonds. The fourth-order valence-corrected chi connectivity index (χ4v) is 2.44. The third-order valence-corrected chi connectivity index (χ3v) is 3.76. The Bertz CT molecular complexity index is 558. The molecule has 1 atom stereocenters. The second kappa shape index (κ2) is 6.26. The average Bonchev–Trinajstić information content (AvgIpc) is 2.44. The zero-order chi connectivity index (χ0) is 13.8. The van der Waals surface area contributed by atoms with E-state index in [1.165, 1.54) is 12.1 Å². The van der Waals surface area contributed by atoms with E-state index in [0.717, 1.165) is 5.56 Å². The molecule has 0 spiro atoms. The average molecular weight is 326 g/mol. The third-order valence-electron chi connectivity index (χ3n) is 3.14. The number of hydrogen-bond donors (Lipinski definition) is 1. The number of hydrogen-bond acceptors (Lipinski definition) is 1. The van der Waals surface area contributed by atoms with Crippen molar-refractivity contribution < 1.29 is 8.78 Å². The first kappa shape index (κ1) is 14.2. The van der Waals surface area contributed by atoms with Crippen molar-refractivity contribution in [3.63, 3.8) is 0 Å². The van der Waals surface area contributed by atoms with E-state index in [-0.39, 0.29) is 22.4 Å². The van der Waals surface area contributed by atoms with Gasteiger partial charge in [-0.25, -0.2) is 8.78 Å². The lowest BCUT2D eigenvalue weighted by atomic mass is 9.91. The summed E-state index contributed by atoms with van der Waals surface area (Å²) >= 11 is 3.08. The van der Waals surface area contributed by atoms with Gasteiger partial charge < -0.3 is 5.73 Å². The molecule has 2 aromatic carbocycles. The summed E-state index contributed by atoms with van der Waals surface area (Å²) in [6, 6.07) is 12.2. The monoisotopic (exact) mass is 325 g/mol. The summed E-state index contributed by atoms with van der Waals surface area (Å²) in [4.78, 5) is 0. The van der Waals surface area contributed by atoms with Crippen molar-refractivity contribution in [3.8, 4) is 0 Å². The molecular weight excluding hydrogens is 312 g/mol. The summed E-state index contributed by atoms with van der Waals surface area (Å²) in [6.07, 6.45) is 0.248. The Kier molecular flexibility index (Phi) is 4.66. The van der Waals surface area contributed by atoms with Crippen LogP contribution in [0.15, 0.2) is 46.9 Å². The zero-order valence-electron chi connectivity index (χ0n) is 10.2. The highest BCUT2D eigenvalue weighted by atomic mass is 79.9. The molecule has 1 nitrogen and oxygen atoms in total. The Balaban J connectivity index is 2.32. The van der Waals surface area contributed by atoms with E-state index in [1.807, 2.05) is 30.3 Å². The van der Waals surface area contributed by atoms with E-state index in [4.69, 9.17) is 5.73 Å². The number of halogens is 3. The van der Waals surface area contributed by atoms with E-state index in [0.29, 0.717) is 6.54 Å². The SMILES string of the molecule is NCC(Cc1c(F)ccc(Br)c1F)c1ccccc1. The molecule has 0 aromatic heterocycles. The molecule has 4 heteroatoms. The van der Waals surface area contributed by atoms with E-state index < -0.39 is 11.6 Å². The molecule has 19 heavy (non-hydrogen) atoms. The maximum absolute atomic E-state index is 13.9. The van der Waals surface area contributed by atoms with Gasteiger partial charge in [-0.3, -0.25) is 0 Å². The second-order valence-electron chi connectivity index (χ2n) is 4.37.